The molecule has 92 valence electrons. The Bertz CT molecular complexity index is 386. The number of anilines is 1. The highest BCUT2D eigenvalue weighted by molar-refractivity contribution is 5.95. The monoisotopic (exact) mass is 232 g/mol. The molecule has 1 fully saturated rings. The quantitative estimate of drug-likeness (QED) is 0.819. The highest BCUT2D eigenvalue weighted by Gasteiger charge is 2.17. The smallest absolute Gasteiger partial charge is 0.251 e. The zero-order valence-electron chi connectivity index (χ0n) is 10.3. The first-order valence-electron chi connectivity index (χ1n) is 6.35. The SMILES string of the molecule is CNc1cccc(C(=O)NCCC2CCC2)c1. The Kier molecular flexibility index (Phi) is 4.02. The van der Waals surface area contributed by atoms with Crippen LogP contribution in [0.4, 0.5) is 5.69 Å². The summed E-state index contributed by atoms with van der Waals surface area (Å²) in [4.78, 5) is 11.9. The molecule has 2 N–H and O–H groups in total. The van der Waals surface area contributed by atoms with Crippen LogP contribution in [0.2, 0.25) is 0 Å². The number of hydrogen-bond acceptors (Lipinski definition) is 2. The molecule has 1 amide bonds. The van der Waals surface area contributed by atoms with E-state index in [0.29, 0.717) is 0 Å². The Hall–Kier alpha value is -1.51. The van der Waals surface area contributed by atoms with E-state index in [1.807, 2.05) is 31.3 Å². The third kappa shape index (κ3) is 3.22. The van der Waals surface area contributed by atoms with Crippen LogP contribution >= 0.6 is 0 Å². The summed E-state index contributed by atoms with van der Waals surface area (Å²) < 4.78 is 0. The Morgan fingerprint density at radius 3 is 2.88 bits per heavy atom. The molecule has 0 saturated heterocycles. The number of nitrogens with one attached hydrogen (secondary N) is 2. The van der Waals surface area contributed by atoms with Crippen molar-refractivity contribution in [2.75, 3.05) is 18.9 Å². The van der Waals surface area contributed by atoms with Crippen molar-refractivity contribution in [3.63, 3.8) is 0 Å². The molecule has 0 heterocycles. The first-order valence-corrected chi connectivity index (χ1v) is 6.35. The van der Waals surface area contributed by atoms with Crippen LogP contribution in [0.1, 0.15) is 36.0 Å². The van der Waals surface area contributed by atoms with Crippen LogP contribution in [0.3, 0.4) is 0 Å². The fourth-order valence-corrected chi connectivity index (χ4v) is 2.09. The van der Waals surface area contributed by atoms with Crippen molar-refractivity contribution in [3.8, 4) is 0 Å². The van der Waals surface area contributed by atoms with Crippen LogP contribution in [0.5, 0.6) is 0 Å². The van der Waals surface area contributed by atoms with Crippen molar-refractivity contribution in [1.82, 2.24) is 5.32 Å². The lowest BCUT2D eigenvalue weighted by molar-refractivity contribution is 0.0949. The van der Waals surface area contributed by atoms with Gasteiger partial charge >= 0.3 is 0 Å². The lowest BCUT2D eigenvalue weighted by atomic mass is 9.83. The second kappa shape index (κ2) is 5.71. The van der Waals surface area contributed by atoms with Crippen LogP contribution in [-0.2, 0) is 0 Å². The molecule has 0 atom stereocenters. The van der Waals surface area contributed by atoms with Gasteiger partial charge in [0.2, 0.25) is 0 Å². The predicted molar refractivity (Wildman–Crippen MR) is 70.3 cm³/mol. The highest BCUT2D eigenvalue weighted by atomic mass is 16.1. The minimum Gasteiger partial charge on any atom is -0.388 e. The van der Waals surface area contributed by atoms with E-state index in [1.54, 1.807) is 0 Å². The van der Waals surface area contributed by atoms with Gasteiger partial charge in [-0.15, -0.1) is 0 Å². The lowest BCUT2D eigenvalue weighted by Crippen LogP contribution is -2.27. The maximum absolute atomic E-state index is 11.9. The van der Waals surface area contributed by atoms with Crippen molar-refractivity contribution in [3.05, 3.63) is 29.8 Å². The molecule has 3 heteroatoms. The first-order chi connectivity index (χ1) is 8.29. The van der Waals surface area contributed by atoms with Gasteiger partial charge in [0.15, 0.2) is 0 Å². The van der Waals surface area contributed by atoms with Gasteiger partial charge in [0.1, 0.15) is 0 Å². The van der Waals surface area contributed by atoms with E-state index in [0.717, 1.165) is 30.1 Å². The maximum atomic E-state index is 11.9. The fourth-order valence-electron chi connectivity index (χ4n) is 2.09. The molecule has 0 unspecified atom stereocenters. The molecule has 1 aliphatic carbocycles. The van der Waals surface area contributed by atoms with Gasteiger partial charge in [-0.1, -0.05) is 25.3 Å². The van der Waals surface area contributed by atoms with E-state index in [4.69, 9.17) is 0 Å². The fraction of sp³-hybridized carbons (Fsp3) is 0.500. The molecule has 0 radical (unpaired) electrons. The number of benzene rings is 1. The summed E-state index contributed by atoms with van der Waals surface area (Å²) in [6.45, 7) is 0.799. The first kappa shape index (κ1) is 12.0. The molecule has 1 aliphatic rings. The topological polar surface area (TPSA) is 41.1 Å². The predicted octanol–water partition coefficient (Wildman–Crippen LogP) is 2.65. The van der Waals surface area contributed by atoms with E-state index in [1.165, 1.54) is 19.3 Å². The molecule has 1 saturated carbocycles. The van der Waals surface area contributed by atoms with Gasteiger partial charge in [0.25, 0.3) is 5.91 Å². The van der Waals surface area contributed by atoms with Crippen LogP contribution in [0.25, 0.3) is 0 Å². The van der Waals surface area contributed by atoms with Gasteiger partial charge < -0.3 is 10.6 Å². The van der Waals surface area contributed by atoms with Gasteiger partial charge in [-0.05, 0) is 30.5 Å². The second-order valence-corrected chi connectivity index (χ2v) is 4.67. The number of amides is 1. The third-order valence-corrected chi connectivity index (χ3v) is 3.48. The van der Waals surface area contributed by atoms with Crippen molar-refractivity contribution in [2.24, 2.45) is 5.92 Å². The Morgan fingerprint density at radius 1 is 1.41 bits per heavy atom. The van der Waals surface area contributed by atoms with E-state index in [9.17, 15) is 4.79 Å². The maximum Gasteiger partial charge on any atom is 0.251 e. The molecule has 0 aromatic heterocycles. The van der Waals surface area contributed by atoms with E-state index < -0.39 is 0 Å². The van der Waals surface area contributed by atoms with Gasteiger partial charge in [0.05, 0.1) is 0 Å². The average molecular weight is 232 g/mol. The standard InChI is InChI=1S/C14H20N2O/c1-15-13-7-3-6-12(10-13)14(17)16-9-8-11-4-2-5-11/h3,6-7,10-11,15H,2,4-5,8-9H2,1H3,(H,16,17). The van der Waals surface area contributed by atoms with Crippen molar-refractivity contribution >= 4 is 11.6 Å². The molecule has 1 aromatic rings. The Labute approximate surface area is 103 Å². The molecule has 1 aromatic carbocycles. The molecule has 0 aliphatic heterocycles. The summed E-state index contributed by atoms with van der Waals surface area (Å²) >= 11 is 0. The van der Waals surface area contributed by atoms with Crippen LogP contribution in [0.15, 0.2) is 24.3 Å². The van der Waals surface area contributed by atoms with Gasteiger partial charge in [-0.3, -0.25) is 4.79 Å². The van der Waals surface area contributed by atoms with Crippen LogP contribution in [-0.4, -0.2) is 19.5 Å². The molecule has 0 bridgehead atoms. The van der Waals surface area contributed by atoms with E-state index in [-0.39, 0.29) is 5.91 Å². The number of hydrogen-bond donors (Lipinski definition) is 2. The molecule has 0 spiro atoms. The van der Waals surface area contributed by atoms with Gasteiger partial charge in [-0.25, -0.2) is 0 Å². The zero-order chi connectivity index (χ0) is 12.1. The normalized spacial score (nSPS) is 15.1. The minimum absolute atomic E-state index is 0.0291. The number of rotatable bonds is 5. The molecular weight excluding hydrogens is 212 g/mol. The Balaban J connectivity index is 1.81. The van der Waals surface area contributed by atoms with Gasteiger partial charge in [-0.2, -0.15) is 0 Å². The van der Waals surface area contributed by atoms with Crippen LogP contribution < -0.4 is 10.6 Å². The largest absolute Gasteiger partial charge is 0.388 e. The van der Waals surface area contributed by atoms with Gasteiger partial charge in [0, 0.05) is 24.8 Å². The van der Waals surface area contributed by atoms with E-state index in [2.05, 4.69) is 10.6 Å². The van der Waals surface area contributed by atoms with Crippen LogP contribution in [0, 0.1) is 5.92 Å². The second-order valence-electron chi connectivity index (χ2n) is 4.67. The highest BCUT2D eigenvalue weighted by Crippen LogP contribution is 2.28. The Morgan fingerprint density at radius 2 is 2.24 bits per heavy atom. The van der Waals surface area contributed by atoms with Crippen molar-refractivity contribution in [1.29, 1.82) is 0 Å². The third-order valence-electron chi connectivity index (χ3n) is 3.48. The summed E-state index contributed by atoms with van der Waals surface area (Å²) in [7, 11) is 1.85. The zero-order valence-corrected chi connectivity index (χ0v) is 10.3. The molecule has 2 rings (SSSR count). The summed E-state index contributed by atoms with van der Waals surface area (Å²) in [6.07, 6.45) is 5.16. The summed E-state index contributed by atoms with van der Waals surface area (Å²) in [5.74, 6) is 0.875. The summed E-state index contributed by atoms with van der Waals surface area (Å²) in [5.41, 5.74) is 1.70. The van der Waals surface area contributed by atoms with E-state index >= 15 is 0 Å². The molecular formula is C14H20N2O. The summed E-state index contributed by atoms with van der Waals surface area (Å²) in [6, 6.07) is 7.57. The lowest BCUT2D eigenvalue weighted by Gasteiger charge is -2.25. The molecule has 17 heavy (non-hydrogen) atoms. The van der Waals surface area contributed by atoms with Crippen molar-refractivity contribution in [2.45, 2.75) is 25.7 Å². The number of carbonyl (C=O) groups is 1. The number of carbonyl (C=O) groups excluding carboxylic acids is 1. The summed E-state index contributed by atoms with van der Waals surface area (Å²) in [5, 5.41) is 6.02. The minimum atomic E-state index is 0.0291. The van der Waals surface area contributed by atoms with Crippen molar-refractivity contribution < 1.29 is 4.79 Å². The average Bonchev–Trinajstić information content (AvgIpc) is 2.32. The molecule has 3 nitrogen and oxygen atoms in total.